The highest BCUT2D eigenvalue weighted by Crippen LogP contribution is 1.98. The molecule has 0 aliphatic carbocycles. The van der Waals surface area contributed by atoms with Gasteiger partial charge in [-0.25, -0.2) is 0 Å². The average molecular weight is 291 g/mol. The molecule has 116 valence electrons. The van der Waals surface area contributed by atoms with Crippen LogP contribution in [0.25, 0.3) is 0 Å². The lowest BCUT2D eigenvalue weighted by molar-refractivity contribution is -0.757. The van der Waals surface area contributed by atoms with E-state index < -0.39 is 17.1 Å². The number of ether oxygens (including phenoxy) is 1. The van der Waals surface area contributed by atoms with Gasteiger partial charge in [0.25, 0.3) is 5.09 Å². The van der Waals surface area contributed by atoms with Gasteiger partial charge in [0.2, 0.25) is 0 Å². The van der Waals surface area contributed by atoms with Gasteiger partial charge in [0.15, 0.2) is 5.96 Å². The summed E-state index contributed by atoms with van der Waals surface area (Å²) in [7, 11) is 0. The molecule has 20 heavy (non-hydrogen) atoms. The highest BCUT2D eigenvalue weighted by atomic mass is 16.9. The first-order valence-corrected chi connectivity index (χ1v) is 6.21. The van der Waals surface area contributed by atoms with Crippen molar-refractivity contribution in [2.24, 2.45) is 11.5 Å². The Bertz CT molecular complexity index is 325. The number of hydrogen-bond donors (Lipinski definition) is 4. The van der Waals surface area contributed by atoms with E-state index in [1.54, 1.807) is 0 Å². The van der Waals surface area contributed by atoms with Crippen molar-refractivity contribution >= 4 is 11.9 Å². The lowest BCUT2D eigenvalue weighted by Gasteiger charge is -2.11. The van der Waals surface area contributed by atoms with E-state index in [9.17, 15) is 14.9 Å². The van der Waals surface area contributed by atoms with Gasteiger partial charge in [-0.05, 0) is 25.7 Å². The first-order valence-electron chi connectivity index (χ1n) is 6.21. The molecular formula is C10H21N5O5. The fourth-order valence-corrected chi connectivity index (χ4v) is 1.29. The normalized spacial score (nSPS) is 11.4. The lowest BCUT2D eigenvalue weighted by atomic mass is 10.2. The van der Waals surface area contributed by atoms with Crippen molar-refractivity contribution in [3.05, 3.63) is 10.1 Å². The van der Waals surface area contributed by atoms with Gasteiger partial charge >= 0.3 is 5.97 Å². The molecule has 0 spiro atoms. The zero-order valence-electron chi connectivity index (χ0n) is 11.2. The van der Waals surface area contributed by atoms with Crippen LogP contribution in [0.4, 0.5) is 0 Å². The van der Waals surface area contributed by atoms with Crippen LogP contribution in [-0.2, 0) is 14.4 Å². The lowest BCUT2D eigenvalue weighted by Crippen LogP contribution is -2.35. The standard InChI is InChI=1S/C10H21N5O5/c11-8(4-3-5-14-10(12)13)9(16)19-6-1-2-7-20-15(17)18/h8H,1-7,11H2,(H4,12,13,14). The van der Waals surface area contributed by atoms with Crippen molar-refractivity contribution in [2.45, 2.75) is 31.7 Å². The van der Waals surface area contributed by atoms with Crippen LogP contribution in [0.15, 0.2) is 0 Å². The van der Waals surface area contributed by atoms with Gasteiger partial charge in [-0.1, -0.05) is 0 Å². The quantitative estimate of drug-likeness (QED) is 0.0949. The number of carbonyl (C=O) groups excluding carboxylic acids is 1. The van der Waals surface area contributed by atoms with Crippen molar-refractivity contribution in [1.29, 1.82) is 5.41 Å². The van der Waals surface area contributed by atoms with E-state index in [0.29, 0.717) is 32.2 Å². The molecule has 0 aliphatic rings. The number of carbonyl (C=O) groups is 1. The van der Waals surface area contributed by atoms with Crippen LogP contribution < -0.4 is 16.8 Å². The number of hydrogen-bond acceptors (Lipinski definition) is 7. The van der Waals surface area contributed by atoms with Gasteiger partial charge in [-0.15, -0.1) is 10.1 Å². The Hall–Kier alpha value is -2.10. The summed E-state index contributed by atoms with van der Waals surface area (Å²) in [5.41, 5.74) is 10.7. The molecule has 0 aliphatic heterocycles. The number of nitrogens with zero attached hydrogens (tertiary/aromatic N) is 1. The molecule has 0 aromatic carbocycles. The van der Waals surface area contributed by atoms with Gasteiger partial charge in [0, 0.05) is 6.54 Å². The number of guanidine groups is 1. The summed E-state index contributed by atoms with van der Waals surface area (Å²) in [6.45, 7) is 0.598. The summed E-state index contributed by atoms with van der Waals surface area (Å²) in [5.74, 6) is -0.638. The van der Waals surface area contributed by atoms with Crippen LogP contribution >= 0.6 is 0 Å². The SMILES string of the molecule is N=C(N)NCCCC(N)C(=O)OCCCCO[N+](=O)[O-]. The van der Waals surface area contributed by atoms with E-state index in [1.807, 2.05) is 0 Å². The fourth-order valence-electron chi connectivity index (χ4n) is 1.29. The molecule has 0 heterocycles. The van der Waals surface area contributed by atoms with Crippen molar-refractivity contribution < 1.29 is 19.5 Å². The second-order valence-corrected chi connectivity index (χ2v) is 4.02. The van der Waals surface area contributed by atoms with Crippen molar-refractivity contribution in [3.63, 3.8) is 0 Å². The van der Waals surface area contributed by atoms with E-state index in [2.05, 4.69) is 10.2 Å². The fraction of sp³-hybridized carbons (Fsp3) is 0.800. The van der Waals surface area contributed by atoms with E-state index in [1.165, 1.54) is 0 Å². The molecule has 0 aromatic rings. The van der Waals surface area contributed by atoms with Crippen LogP contribution in [0.2, 0.25) is 0 Å². The van der Waals surface area contributed by atoms with E-state index in [0.717, 1.165) is 0 Å². The van der Waals surface area contributed by atoms with Crippen molar-refractivity contribution in [2.75, 3.05) is 19.8 Å². The van der Waals surface area contributed by atoms with Crippen LogP contribution in [0.5, 0.6) is 0 Å². The minimum Gasteiger partial charge on any atom is -0.465 e. The maximum absolute atomic E-state index is 11.4. The van der Waals surface area contributed by atoms with Crippen LogP contribution in [0.3, 0.4) is 0 Å². The maximum Gasteiger partial charge on any atom is 0.322 e. The Morgan fingerprint density at radius 2 is 2.00 bits per heavy atom. The minimum absolute atomic E-state index is 0.0205. The first kappa shape index (κ1) is 17.9. The zero-order chi connectivity index (χ0) is 15.4. The Kier molecular flexibility index (Phi) is 9.66. The van der Waals surface area contributed by atoms with Gasteiger partial charge in [-0.3, -0.25) is 10.2 Å². The monoisotopic (exact) mass is 291 g/mol. The predicted octanol–water partition coefficient (Wildman–Crippen LogP) is -0.891. The molecule has 0 saturated carbocycles. The summed E-state index contributed by atoms with van der Waals surface area (Å²) in [6, 6.07) is -0.723. The molecule has 0 rings (SSSR count). The molecule has 0 fully saturated rings. The highest BCUT2D eigenvalue weighted by Gasteiger charge is 2.14. The number of nitrogens with one attached hydrogen (secondary N) is 2. The Labute approximate surface area is 116 Å². The van der Waals surface area contributed by atoms with E-state index in [4.69, 9.17) is 21.6 Å². The van der Waals surface area contributed by atoms with Gasteiger partial charge in [-0.2, -0.15) is 0 Å². The van der Waals surface area contributed by atoms with Gasteiger partial charge < -0.3 is 26.4 Å². The maximum atomic E-state index is 11.4. The summed E-state index contributed by atoms with van der Waals surface area (Å²) < 4.78 is 4.91. The minimum atomic E-state index is -0.864. The van der Waals surface area contributed by atoms with Gasteiger partial charge in [0.1, 0.15) is 6.04 Å². The number of nitrogens with two attached hydrogens (primary N) is 2. The molecule has 0 amide bonds. The highest BCUT2D eigenvalue weighted by molar-refractivity contribution is 5.75. The molecule has 0 saturated heterocycles. The van der Waals surface area contributed by atoms with Gasteiger partial charge in [0.05, 0.1) is 13.2 Å². The third-order valence-electron chi connectivity index (χ3n) is 2.29. The van der Waals surface area contributed by atoms with Crippen molar-refractivity contribution in [3.8, 4) is 0 Å². The van der Waals surface area contributed by atoms with E-state index >= 15 is 0 Å². The predicted molar refractivity (Wildman–Crippen MR) is 70.3 cm³/mol. The summed E-state index contributed by atoms with van der Waals surface area (Å²) in [6.07, 6.45) is 1.90. The molecule has 0 bridgehead atoms. The zero-order valence-corrected chi connectivity index (χ0v) is 11.2. The molecule has 10 nitrogen and oxygen atoms in total. The topological polar surface area (TPSA) is 167 Å². The smallest absolute Gasteiger partial charge is 0.322 e. The molecule has 0 radical (unpaired) electrons. The Morgan fingerprint density at radius 3 is 2.60 bits per heavy atom. The number of esters is 1. The van der Waals surface area contributed by atoms with Crippen LogP contribution in [-0.4, -0.2) is 42.8 Å². The molecule has 6 N–H and O–H groups in total. The molecular weight excluding hydrogens is 270 g/mol. The number of unbranched alkanes of at least 4 members (excludes halogenated alkanes) is 1. The second kappa shape index (κ2) is 10.8. The molecule has 0 aromatic heterocycles. The third-order valence-corrected chi connectivity index (χ3v) is 2.29. The van der Waals surface area contributed by atoms with E-state index in [-0.39, 0.29) is 19.2 Å². The Morgan fingerprint density at radius 1 is 1.35 bits per heavy atom. The first-order chi connectivity index (χ1) is 9.43. The Balaban J connectivity index is 3.50. The van der Waals surface area contributed by atoms with Crippen LogP contribution in [0, 0.1) is 15.5 Å². The number of rotatable bonds is 11. The molecule has 1 unspecified atom stereocenters. The third kappa shape index (κ3) is 11.0. The average Bonchev–Trinajstić information content (AvgIpc) is 2.37. The second-order valence-electron chi connectivity index (χ2n) is 4.02. The largest absolute Gasteiger partial charge is 0.465 e. The molecule has 10 heteroatoms. The summed E-state index contributed by atoms with van der Waals surface area (Å²) in [4.78, 5) is 25.4. The van der Waals surface area contributed by atoms with Crippen LogP contribution in [0.1, 0.15) is 25.7 Å². The summed E-state index contributed by atoms with van der Waals surface area (Å²) >= 11 is 0. The summed E-state index contributed by atoms with van der Waals surface area (Å²) in [5, 5.41) is 18.5. The van der Waals surface area contributed by atoms with Crippen molar-refractivity contribution in [1.82, 2.24) is 5.32 Å². The molecule has 1 atom stereocenters.